The van der Waals surface area contributed by atoms with E-state index in [4.69, 9.17) is 4.74 Å². The van der Waals surface area contributed by atoms with Crippen molar-refractivity contribution in [2.75, 3.05) is 6.61 Å². The summed E-state index contributed by atoms with van der Waals surface area (Å²) in [7, 11) is -4.75. The molecule has 0 aromatic heterocycles. The molecule has 2 aromatic carbocycles. The van der Waals surface area contributed by atoms with E-state index in [2.05, 4.69) is 0 Å². The van der Waals surface area contributed by atoms with Crippen molar-refractivity contribution in [3.63, 3.8) is 0 Å². The van der Waals surface area contributed by atoms with Crippen molar-refractivity contribution in [3.8, 4) is 5.75 Å². The van der Waals surface area contributed by atoms with E-state index in [1.165, 1.54) is 18.2 Å². The number of para-hydroxylation sites is 1. The van der Waals surface area contributed by atoms with Gasteiger partial charge in [0.2, 0.25) is 0 Å². The van der Waals surface area contributed by atoms with Crippen molar-refractivity contribution in [1.82, 2.24) is 4.31 Å². The van der Waals surface area contributed by atoms with Crippen LogP contribution < -0.4 is 0 Å². The van der Waals surface area contributed by atoms with Crippen LogP contribution in [0.3, 0.4) is 0 Å². The molecule has 0 unspecified atom stereocenters. The summed E-state index contributed by atoms with van der Waals surface area (Å²) < 4.78 is 40.3. The van der Waals surface area contributed by atoms with Gasteiger partial charge in [-0.1, -0.05) is 42.5 Å². The first-order valence-corrected chi connectivity index (χ1v) is 9.73. The second-order valence-corrected chi connectivity index (χ2v) is 7.27. The second kappa shape index (κ2) is 7.42. The van der Waals surface area contributed by atoms with E-state index in [1.54, 1.807) is 49.4 Å². The van der Waals surface area contributed by atoms with Crippen LogP contribution in [-0.2, 0) is 19.8 Å². The first kappa shape index (κ1) is 18.9. The monoisotopic (exact) mass is 389 g/mol. The summed E-state index contributed by atoms with van der Waals surface area (Å²) in [6, 6.07) is 13.6. The Morgan fingerprint density at radius 3 is 2.33 bits per heavy atom. The minimum Gasteiger partial charge on any atom is -0.507 e. The molecule has 0 spiro atoms. The number of aromatic hydroxyl groups is 1. The van der Waals surface area contributed by atoms with Gasteiger partial charge in [0, 0.05) is 5.56 Å². The van der Waals surface area contributed by atoms with Crippen molar-refractivity contribution < 1.29 is 27.6 Å². The SMILES string of the molecule is CCOC(=O)[C@@H]1C=C(c2ccccc2O)N(S(=O)(=O)O)[C@H]1c1ccccc1. The van der Waals surface area contributed by atoms with E-state index in [-0.39, 0.29) is 23.6 Å². The fourth-order valence-electron chi connectivity index (χ4n) is 3.23. The Hall–Kier alpha value is -2.84. The topological polar surface area (TPSA) is 104 Å². The van der Waals surface area contributed by atoms with Crippen LogP contribution >= 0.6 is 0 Å². The predicted octanol–water partition coefficient (Wildman–Crippen LogP) is 2.77. The zero-order valence-corrected chi connectivity index (χ0v) is 15.3. The molecule has 1 aliphatic heterocycles. The van der Waals surface area contributed by atoms with Crippen LogP contribution in [0.5, 0.6) is 5.75 Å². The minimum absolute atomic E-state index is 0.0162. The van der Waals surface area contributed by atoms with E-state index >= 15 is 0 Å². The standard InChI is InChI=1S/C19H19NO6S/c1-2-26-19(22)15-12-16(14-10-6-7-11-17(14)21)20(27(23,24)25)18(15)13-8-4-3-5-9-13/h3-12,15,18,21H,2H2,1H3,(H,23,24,25)/t15-,18+/m1/s1. The smallest absolute Gasteiger partial charge is 0.360 e. The highest BCUT2D eigenvalue weighted by Gasteiger charge is 2.46. The number of hydrogen-bond acceptors (Lipinski definition) is 5. The summed E-state index contributed by atoms with van der Waals surface area (Å²) in [5.74, 6) is -1.77. The number of carbonyl (C=O) groups is 1. The zero-order chi connectivity index (χ0) is 19.6. The Labute approximate surface area is 157 Å². The molecule has 3 rings (SSSR count). The second-order valence-electron chi connectivity index (χ2n) is 5.98. The molecule has 142 valence electrons. The summed E-state index contributed by atoms with van der Waals surface area (Å²) in [4.78, 5) is 12.5. The van der Waals surface area contributed by atoms with Crippen molar-refractivity contribution in [3.05, 3.63) is 71.8 Å². The minimum atomic E-state index is -4.75. The Balaban J connectivity index is 2.21. The molecular formula is C19H19NO6S. The lowest BCUT2D eigenvalue weighted by Gasteiger charge is -2.29. The van der Waals surface area contributed by atoms with Crippen molar-refractivity contribution in [1.29, 1.82) is 0 Å². The quantitative estimate of drug-likeness (QED) is 0.602. The molecule has 0 amide bonds. The van der Waals surface area contributed by atoms with Crippen molar-refractivity contribution in [2.24, 2.45) is 5.92 Å². The van der Waals surface area contributed by atoms with Crippen LogP contribution in [0, 0.1) is 5.92 Å². The largest absolute Gasteiger partial charge is 0.507 e. The molecular weight excluding hydrogens is 370 g/mol. The van der Waals surface area contributed by atoms with Crippen LogP contribution in [0.25, 0.3) is 5.70 Å². The lowest BCUT2D eigenvalue weighted by molar-refractivity contribution is -0.147. The first-order valence-electron chi connectivity index (χ1n) is 8.33. The molecule has 2 aromatic rings. The third-order valence-electron chi connectivity index (χ3n) is 4.30. The van der Waals surface area contributed by atoms with Gasteiger partial charge >= 0.3 is 16.3 Å². The fraction of sp³-hybridized carbons (Fsp3) is 0.211. The normalized spacial score (nSPS) is 19.6. The number of nitrogens with zero attached hydrogens (tertiary/aromatic N) is 1. The molecule has 7 nitrogen and oxygen atoms in total. The molecule has 0 bridgehead atoms. The molecule has 1 aliphatic rings. The molecule has 27 heavy (non-hydrogen) atoms. The number of carbonyl (C=O) groups excluding carboxylic acids is 1. The van der Waals surface area contributed by atoms with Gasteiger partial charge in [0.05, 0.1) is 18.3 Å². The molecule has 0 fully saturated rings. The number of ether oxygens (including phenoxy) is 1. The first-order chi connectivity index (χ1) is 12.8. The Morgan fingerprint density at radius 2 is 1.74 bits per heavy atom. The summed E-state index contributed by atoms with van der Waals surface area (Å²) in [5, 5.41) is 10.2. The van der Waals surface area contributed by atoms with Crippen LogP contribution in [0.2, 0.25) is 0 Å². The van der Waals surface area contributed by atoms with Gasteiger partial charge in [-0.25, -0.2) is 4.31 Å². The van der Waals surface area contributed by atoms with Gasteiger partial charge in [-0.3, -0.25) is 9.35 Å². The lowest BCUT2D eigenvalue weighted by atomic mass is 9.95. The molecule has 2 atom stereocenters. The third kappa shape index (κ3) is 3.67. The highest BCUT2D eigenvalue weighted by molar-refractivity contribution is 7.83. The van der Waals surface area contributed by atoms with Gasteiger partial charge < -0.3 is 9.84 Å². The summed E-state index contributed by atoms with van der Waals surface area (Å²) in [6.07, 6.45) is 1.40. The van der Waals surface area contributed by atoms with E-state index in [0.717, 1.165) is 4.31 Å². The molecule has 0 saturated heterocycles. The van der Waals surface area contributed by atoms with Crippen LogP contribution in [0.15, 0.2) is 60.7 Å². The van der Waals surface area contributed by atoms with Crippen LogP contribution in [0.1, 0.15) is 24.1 Å². The molecule has 2 N–H and O–H groups in total. The number of hydrogen-bond donors (Lipinski definition) is 2. The number of phenolic OH excluding ortho intramolecular Hbond substituents is 1. The number of phenols is 1. The van der Waals surface area contributed by atoms with Crippen molar-refractivity contribution in [2.45, 2.75) is 13.0 Å². The van der Waals surface area contributed by atoms with Gasteiger partial charge in [0.15, 0.2) is 0 Å². The highest BCUT2D eigenvalue weighted by atomic mass is 32.2. The van der Waals surface area contributed by atoms with Gasteiger partial charge in [0.25, 0.3) is 0 Å². The van der Waals surface area contributed by atoms with E-state index in [9.17, 15) is 22.9 Å². The Kier molecular flexibility index (Phi) is 5.20. The average Bonchev–Trinajstić information content (AvgIpc) is 3.04. The summed E-state index contributed by atoms with van der Waals surface area (Å²) >= 11 is 0. The number of rotatable bonds is 5. The molecule has 1 heterocycles. The third-order valence-corrected chi connectivity index (χ3v) is 5.22. The maximum absolute atomic E-state index is 12.5. The van der Waals surface area contributed by atoms with Gasteiger partial charge in [-0.2, -0.15) is 8.42 Å². The van der Waals surface area contributed by atoms with Gasteiger partial charge in [-0.15, -0.1) is 0 Å². The maximum atomic E-state index is 12.5. The number of esters is 1. The van der Waals surface area contributed by atoms with E-state index in [0.29, 0.717) is 5.56 Å². The maximum Gasteiger partial charge on any atom is 0.360 e. The van der Waals surface area contributed by atoms with Gasteiger partial charge in [0.1, 0.15) is 11.7 Å². The molecule has 0 aliphatic carbocycles. The van der Waals surface area contributed by atoms with Gasteiger partial charge in [-0.05, 0) is 30.7 Å². The zero-order valence-electron chi connectivity index (χ0n) is 14.5. The van der Waals surface area contributed by atoms with Crippen molar-refractivity contribution >= 4 is 22.0 Å². The summed E-state index contributed by atoms with van der Waals surface area (Å²) in [6.45, 7) is 1.78. The molecule has 0 saturated carbocycles. The van der Waals surface area contributed by atoms with E-state index in [1.807, 2.05) is 0 Å². The summed E-state index contributed by atoms with van der Waals surface area (Å²) in [5.41, 5.74) is 0.709. The lowest BCUT2D eigenvalue weighted by Crippen LogP contribution is -2.34. The number of benzene rings is 2. The molecule has 8 heteroatoms. The Bertz CT molecular complexity index is 971. The molecule has 0 radical (unpaired) electrons. The van der Waals surface area contributed by atoms with Crippen LogP contribution in [-0.4, -0.2) is 35.0 Å². The fourth-order valence-corrected chi connectivity index (χ4v) is 4.17. The average molecular weight is 389 g/mol. The predicted molar refractivity (Wildman–Crippen MR) is 98.8 cm³/mol. The Morgan fingerprint density at radius 1 is 1.11 bits per heavy atom. The highest BCUT2D eigenvalue weighted by Crippen LogP contribution is 2.46. The van der Waals surface area contributed by atoms with Crippen LogP contribution in [0.4, 0.5) is 0 Å². The van der Waals surface area contributed by atoms with E-state index < -0.39 is 28.2 Å².